The molecule has 4 aromatic rings. The molecule has 0 unspecified atom stereocenters. The molecule has 1 atom stereocenters. The molecule has 45 heavy (non-hydrogen) atoms. The molecule has 2 aliphatic heterocycles. The average molecular weight is 619 g/mol. The van der Waals surface area contributed by atoms with Gasteiger partial charge >= 0.3 is 6.18 Å². The van der Waals surface area contributed by atoms with E-state index in [-0.39, 0.29) is 29.5 Å². The first-order valence-electron chi connectivity index (χ1n) is 14.7. The molecule has 2 saturated heterocycles. The number of hydrogen-bond donors (Lipinski definition) is 1. The highest BCUT2D eigenvalue weighted by Gasteiger charge is 2.34. The lowest BCUT2D eigenvalue weighted by Crippen LogP contribution is -2.44. The SMILES string of the molecule is C[C@@H]1CN(c2ccc3ncc(C#Cc4cncc(C(=O)Nc5ccc(CN6CCN(C)CC6)c(C(F)(F)F)c5)c4)n3n2)CCO1. The van der Waals surface area contributed by atoms with E-state index in [1.165, 1.54) is 24.5 Å². The lowest BCUT2D eigenvalue weighted by atomic mass is 10.0. The zero-order chi connectivity index (χ0) is 31.6. The molecule has 0 saturated carbocycles. The van der Waals surface area contributed by atoms with Gasteiger partial charge in [-0.15, -0.1) is 5.10 Å². The minimum atomic E-state index is -4.56. The third-order valence-electron chi connectivity index (χ3n) is 7.91. The largest absolute Gasteiger partial charge is 0.416 e. The van der Waals surface area contributed by atoms with Gasteiger partial charge in [-0.2, -0.15) is 13.2 Å². The molecule has 10 nitrogen and oxygen atoms in total. The predicted octanol–water partition coefficient (Wildman–Crippen LogP) is 3.77. The maximum atomic E-state index is 14.0. The summed E-state index contributed by atoms with van der Waals surface area (Å²) in [6, 6.07) is 9.26. The van der Waals surface area contributed by atoms with Crippen molar-refractivity contribution >= 4 is 23.1 Å². The summed E-state index contributed by atoms with van der Waals surface area (Å²) in [5.74, 6) is 6.25. The zero-order valence-corrected chi connectivity index (χ0v) is 25.0. The van der Waals surface area contributed by atoms with Crippen LogP contribution in [0.25, 0.3) is 5.65 Å². The van der Waals surface area contributed by atoms with E-state index in [0.29, 0.717) is 36.6 Å². The molecule has 0 aliphatic carbocycles. The van der Waals surface area contributed by atoms with E-state index in [0.717, 1.165) is 38.1 Å². The molecule has 13 heteroatoms. The summed E-state index contributed by atoms with van der Waals surface area (Å²) in [4.78, 5) is 27.9. The highest BCUT2D eigenvalue weighted by atomic mass is 19.4. The molecule has 0 spiro atoms. The number of ether oxygens (including phenoxy) is 1. The number of benzene rings is 1. The third kappa shape index (κ3) is 7.25. The number of nitrogens with zero attached hydrogens (tertiary/aromatic N) is 7. The molecule has 3 aromatic heterocycles. The minimum Gasteiger partial charge on any atom is -0.375 e. The van der Waals surface area contributed by atoms with Gasteiger partial charge in [0.15, 0.2) is 5.65 Å². The fourth-order valence-corrected chi connectivity index (χ4v) is 5.42. The van der Waals surface area contributed by atoms with Gasteiger partial charge in [-0.25, -0.2) is 9.50 Å². The Bertz CT molecular complexity index is 1750. The maximum Gasteiger partial charge on any atom is 0.416 e. The first-order chi connectivity index (χ1) is 21.6. The van der Waals surface area contributed by atoms with E-state index in [9.17, 15) is 18.0 Å². The number of morpholine rings is 1. The van der Waals surface area contributed by atoms with Crippen LogP contribution < -0.4 is 10.2 Å². The van der Waals surface area contributed by atoms with Gasteiger partial charge in [0, 0.05) is 69.5 Å². The summed E-state index contributed by atoms with van der Waals surface area (Å²) in [5, 5.41) is 7.31. The number of fused-ring (bicyclic) bond motifs is 1. The van der Waals surface area contributed by atoms with E-state index in [1.807, 2.05) is 31.0 Å². The number of halogens is 3. The summed E-state index contributed by atoms with van der Waals surface area (Å²) in [7, 11) is 2.00. The Labute approximate surface area is 258 Å². The van der Waals surface area contributed by atoms with Crippen molar-refractivity contribution in [2.24, 2.45) is 0 Å². The van der Waals surface area contributed by atoms with Crippen molar-refractivity contribution in [1.82, 2.24) is 29.4 Å². The van der Waals surface area contributed by atoms with Gasteiger partial charge in [0.25, 0.3) is 5.91 Å². The van der Waals surface area contributed by atoms with Crippen molar-refractivity contribution < 1.29 is 22.7 Å². The van der Waals surface area contributed by atoms with E-state index in [1.54, 1.807) is 16.8 Å². The number of rotatable bonds is 5. The van der Waals surface area contributed by atoms with Crippen LogP contribution in [0, 0.1) is 11.8 Å². The van der Waals surface area contributed by atoms with Crippen LogP contribution in [0.2, 0.25) is 0 Å². The molecule has 2 fully saturated rings. The molecular formula is C32H33F3N8O2. The fraction of sp³-hybridized carbons (Fsp3) is 0.375. The number of likely N-dealkylation sites (N-methyl/N-ethyl adjacent to an activating group) is 1. The second-order valence-corrected chi connectivity index (χ2v) is 11.3. The minimum absolute atomic E-state index is 0.0493. The van der Waals surface area contributed by atoms with E-state index < -0.39 is 17.6 Å². The number of pyridine rings is 1. The van der Waals surface area contributed by atoms with E-state index >= 15 is 0 Å². The van der Waals surface area contributed by atoms with Crippen LogP contribution in [0.15, 0.2) is 55.0 Å². The van der Waals surface area contributed by atoms with Crippen LogP contribution in [-0.4, -0.2) is 94.3 Å². The summed E-state index contributed by atoms with van der Waals surface area (Å²) in [5.41, 5.74) is 1.28. The van der Waals surface area contributed by atoms with Crippen LogP contribution in [0.4, 0.5) is 24.7 Å². The second-order valence-electron chi connectivity index (χ2n) is 11.3. The number of anilines is 2. The summed E-state index contributed by atoms with van der Waals surface area (Å²) < 4.78 is 49.3. The standard InChI is InChI=1S/C32H33F3N8O2/c1-22-20-42(13-14-45-22)30-8-7-29-37-19-27(43(29)39-30)6-3-23-15-25(18-36-17-23)31(44)38-26-5-4-24(28(16-26)32(33,34)35)21-41-11-9-40(2)10-12-41/h4-5,7-8,15-19,22H,9-14,20-21H2,1-2H3,(H,38,44)/t22-/m1/s1. The van der Waals surface area contributed by atoms with Gasteiger partial charge in [0.05, 0.1) is 30.0 Å². The molecule has 6 rings (SSSR count). The summed E-state index contributed by atoms with van der Waals surface area (Å²) in [6.07, 6.45) is 0.0204. The van der Waals surface area contributed by atoms with Gasteiger partial charge in [-0.05, 0) is 55.8 Å². The molecule has 0 bridgehead atoms. The molecule has 1 aromatic carbocycles. The molecule has 1 N–H and O–H groups in total. The van der Waals surface area contributed by atoms with Crippen molar-refractivity contribution in [3.63, 3.8) is 0 Å². The Morgan fingerprint density at radius 1 is 1.04 bits per heavy atom. The monoisotopic (exact) mass is 618 g/mol. The molecular weight excluding hydrogens is 585 g/mol. The first-order valence-corrected chi connectivity index (χ1v) is 14.7. The van der Waals surface area contributed by atoms with Crippen molar-refractivity contribution in [1.29, 1.82) is 0 Å². The van der Waals surface area contributed by atoms with Gasteiger partial charge < -0.3 is 19.9 Å². The lowest BCUT2D eigenvalue weighted by molar-refractivity contribution is -0.138. The Morgan fingerprint density at radius 3 is 2.64 bits per heavy atom. The smallest absolute Gasteiger partial charge is 0.375 e. The van der Waals surface area contributed by atoms with Crippen LogP contribution in [0.3, 0.4) is 0 Å². The normalized spacial score (nSPS) is 18.1. The van der Waals surface area contributed by atoms with Crippen LogP contribution in [0.1, 0.15) is 39.7 Å². The molecule has 2 aliphatic rings. The van der Waals surface area contributed by atoms with E-state index in [2.05, 4.69) is 36.9 Å². The molecule has 5 heterocycles. The van der Waals surface area contributed by atoms with Gasteiger partial charge in [-0.3, -0.25) is 14.7 Å². The number of nitrogens with one attached hydrogen (secondary N) is 1. The number of aromatic nitrogens is 4. The highest BCUT2D eigenvalue weighted by Crippen LogP contribution is 2.34. The molecule has 1 amide bonds. The zero-order valence-electron chi connectivity index (χ0n) is 25.0. The number of imidazole rings is 1. The highest BCUT2D eigenvalue weighted by molar-refractivity contribution is 6.04. The third-order valence-corrected chi connectivity index (χ3v) is 7.91. The number of alkyl halides is 3. The first kappa shape index (κ1) is 30.5. The summed E-state index contributed by atoms with van der Waals surface area (Å²) >= 11 is 0. The van der Waals surface area contributed by atoms with Crippen LogP contribution in [0.5, 0.6) is 0 Å². The number of piperazine rings is 1. The Hall–Kier alpha value is -4.51. The van der Waals surface area contributed by atoms with Gasteiger partial charge in [-0.1, -0.05) is 12.0 Å². The number of amides is 1. The Morgan fingerprint density at radius 2 is 1.87 bits per heavy atom. The van der Waals surface area contributed by atoms with E-state index in [4.69, 9.17) is 9.84 Å². The van der Waals surface area contributed by atoms with Crippen LogP contribution in [-0.2, 0) is 17.5 Å². The fourth-order valence-electron chi connectivity index (χ4n) is 5.42. The number of carbonyl (C=O) groups is 1. The van der Waals surface area contributed by atoms with Crippen molar-refractivity contribution in [3.8, 4) is 11.8 Å². The van der Waals surface area contributed by atoms with Crippen molar-refractivity contribution in [2.45, 2.75) is 25.7 Å². The second kappa shape index (κ2) is 12.8. The molecule has 234 valence electrons. The molecule has 0 radical (unpaired) electrons. The topological polar surface area (TPSA) is 91.1 Å². The van der Waals surface area contributed by atoms with Crippen molar-refractivity contribution in [2.75, 3.05) is 63.1 Å². The Kier molecular flexibility index (Phi) is 8.71. The Balaban J connectivity index is 1.17. The lowest BCUT2D eigenvalue weighted by Gasteiger charge is -2.33. The van der Waals surface area contributed by atoms with Gasteiger partial charge in [0.1, 0.15) is 11.5 Å². The van der Waals surface area contributed by atoms with Crippen LogP contribution >= 0.6 is 0 Å². The van der Waals surface area contributed by atoms with Gasteiger partial charge in [0.2, 0.25) is 0 Å². The summed E-state index contributed by atoms with van der Waals surface area (Å²) in [6.45, 7) is 7.30. The quantitative estimate of drug-likeness (QED) is 0.339. The number of carbonyl (C=O) groups excluding carboxylic acids is 1. The number of hydrogen-bond acceptors (Lipinski definition) is 8. The average Bonchev–Trinajstić information content (AvgIpc) is 3.43. The van der Waals surface area contributed by atoms with Crippen molar-refractivity contribution in [3.05, 3.63) is 82.9 Å². The maximum absolute atomic E-state index is 14.0. The predicted molar refractivity (Wildman–Crippen MR) is 163 cm³/mol.